The van der Waals surface area contributed by atoms with Crippen molar-refractivity contribution in [2.45, 2.75) is 259 Å². The van der Waals surface area contributed by atoms with Gasteiger partial charge in [-0.3, -0.25) is 67.1 Å². The fraction of sp³-hybridized carbons (Fsp3) is 0.595. The molecule has 1 heterocycles. The van der Waals surface area contributed by atoms with Crippen molar-refractivity contribution in [3.05, 3.63) is 78.0 Å². The Hall–Kier alpha value is -8.98. The average molecular weight is 1410 g/mol. The predicted octanol–water partition coefficient (Wildman–Crippen LogP) is 5.56. The molecular formula is C74H111N11O16. The zero-order chi connectivity index (χ0) is 76.1. The number of nitrogens with two attached hydrogens (primary N) is 1. The van der Waals surface area contributed by atoms with Gasteiger partial charge in [0, 0.05) is 67.5 Å². The van der Waals surface area contributed by atoms with E-state index in [4.69, 9.17) is 5.73 Å². The molecule has 0 aliphatic rings. The van der Waals surface area contributed by atoms with E-state index in [-0.39, 0.29) is 74.6 Å². The summed E-state index contributed by atoms with van der Waals surface area (Å²) in [5.74, 6) is -12.4. The van der Waals surface area contributed by atoms with Crippen molar-refractivity contribution in [3.63, 3.8) is 0 Å². The summed E-state index contributed by atoms with van der Waals surface area (Å²) in [4.78, 5) is 192. The monoisotopic (exact) mass is 1410 g/mol. The molecular weight excluding hydrogens is 1300 g/mol. The number of hydrogen-bond acceptors (Lipinski definition) is 17. The Morgan fingerprint density at radius 3 is 1.79 bits per heavy atom. The van der Waals surface area contributed by atoms with Crippen molar-refractivity contribution in [2.24, 2.45) is 28.9 Å². The van der Waals surface area contributed by atoms with Crippen LogP contribution >= 0.6 is 0 Å². The number of rotatable bonds is 48. The van der Waals surface area contributed by atoms with Gasteiger partial charge in [-0.1, -0.05) is 103 Å². The first-order chi connectivity index (χ1) is 47.2. The van der Waals surface area contributed by atoms with Gasteiger partial charge in [-0.2, -0.15) is 0 Å². The standard InChI is InChI=1S/C74H111N11O16/c1-15-16-17-18-19-20-21-22-25-36-74(14,71(101)79-49(9)66(96)78-48(8)65(95)77-46(6)62(92)63(93)47(7)84-85-73(12,13)60(89)38-44(4)64(75)94)83-67(97)51(37-43(2)3)30-34-59(88)57(40-52-42-76-55-27-24-23-26-54(52)55)80-69(99)58(39-50-28-31-53(87)32-29-50)81-68(98)56(33-35-61(90)91)82-70(100)72(10,11)41-45(5)86/h20-21,23-24,26-29,31-32,42-44,46-49,51,56-58,76,84-85,87H,15-19,22,25,30,33-41H2,1-14H3,(H2,75,94)(H,77,95)(H,78,96)(H,79,101)(H,80,99)(H,81,98)(H,82,100)(H,83,97)(H,90,91)/b21-20+/t44-,46-,47-,48?,49-,51-,56-,57-,58?,74-/m0/s1. The predicted molar refractivity (Wildman–Crippen MR) is 382 cm³/mol. The van der Waals surface area contributed by atoms with Crippen LogP contribution in [0.3, 0.4) is 0 Å². The Labute approximate surface area is 593 Å². The van der Waals surface area contributed by atoms with Crippen LogP contribution in [0.15, 0.2) is 66.9 Å². The number of carboxylic acids is 1. The summed E-state index contributed by atoms with van der Waals surface area (Å²) in [6.45, 7) is 21.6. The SMILES string of the molecule is CCCCCC/C=C/CCC[C@](C)(NC(=O)[C@@H](CCC(=O)[C@H](Cc1c[nH]c2ccccc12)NC(=O)C(Cc1ccc(O)cc1)NC(=O)[C@H](CCC(=O)O)NC(=O)C(C)(C)CC(C)=O)CC(C)C)C(=O)N[C@@H](C)C(=O)NC(C)C(=O)N[C@@H](C)C(=O)C(=O)[C@H](C)NNC(C)(C)C(=O)C[C@H](C)C(N)=O. The van der Waals surface area contributed by atoms with E-state index in [0.29, 0.717) is 24.0 Å². The lowest BCUT2D eigenvalue weighted by Gasteiger charge is -2.33. The van der Waals surface area contributed by atoms with Crippen molar-refractivity contribution < 1.29 is 77.3 Å². The van der Waals surface area contributed by atoms with Crippen LogP contribution in [0.4, 0.5) is 0 Å². The molecule has 0 saturated carbocycles. The van der Waals surface area contributed by atoms with E-state index in [0.717, 1.165) is 43.0 Å². The molecule has 3 aromatic rings. The molecule has 3 rings (SSSR count). The molecule has 0 aliphatic carbocycles. The molecule has 14 N–H and O–H groups in total. The molecule has 0 saturated heterocycles. The third-order valence-corrected chi connectivity index (χ3v) is 17.7. The lowest BCUT2D eigenvalue weighted by molar-refractivity contribution is -0.140. The summed E-state index contributed by atoms with van der Waals surface area (Å²) >= 11 is 0. The number of para-hydroxylation sites is 1. The van der Waals surface area contributed by atoms with Crippen molar-refractivity contribution in [1.82, 2.24) is 53.1 Å². The molecule has 0 aliphatic heterocycles. The molecule has 10 atom stereocenters. The highest BCUT2D eigenvalue weighted by Crippen LogP contribution is 2.26. The maximum absolute atomic E-state index is 15.0. The fourth-order valence-electron chi connectivity index (χ4n) is 11.2. The number of benzene rings is 2. The van der Waals surface area contributed by atoms with Crippen molar-refractivity contribution in [3.8, 4) is 5.75 Å². The summed E-state index contributed by atoms with van der Waals surface area (Å²) < 4.78 is 0. The van der Waals surface area contributed by atoms with Crippen LogP contribution in [0.2, 0.25) is 0 Å². The number of aromatic amines is 1. The smallest absolute Gasteiger partial charge is 0.303 e. The zero-order valence-electron chi connectivity index (χ0n) is 61.3. The Morgan fingerprint density at radius 1 is 0.604 bits per heavy atom. The first-order valence-electron chi connectivity index (χ1n) is 35.0. The number of carboxylic acid groups (broad SMARTS) is 1. The van der Waals surface area contributed by atoms with Crippen molar-refractivity contribution >= 4 is 93.0 Å². The number of amides is 8. The number of Topliss-reactive ketones (excluding diaryl/α,β-unsaturated/α-hetero) is 5. The second-order valence-electron chi connectivity index (χ2n) is 28.6. The Kier molecular flexibility index (Phi) is 35.1. The normalized spacial score (nSPS) is 15.0. The number of H-pyrrole nitrogens is 1. The molecule has 101 heavy (non-hydrogen) atoms. The maximum atomic E-state index is 15.0. The largest absolute Gasteiger partial charge is 0.508 e. The number of primary amides is 1. The molecule has 0 fully saturated rings. The quantitative estimate of drug-likeness (QED) is 0.0142. The Bertz CT molecular complexity index is 3410. The van der Waals surface area contributed by atoms with Gasteiger partial charge >= 0.3 is 5.97 Å². The summed E-state index contributed by atoms with van der Waals surface area (Å²) in [6.07, 6.45) is 10.3. The van der Waals surface area contributed by atoms with E-state index >= 15 is 0 Å². The number of phenols is 1. The van der Waals surface area contributed by atoms with Crippen molar-refractivity contribution in [1.29, 1.82) is 0 Å². The number of carbonyl (C=O) groups is 14. The number of ketones is 5. The number of aliphatic carboxylic acids is 1. The minimum Gasteiger partial charge on any atom is -0.508 e. The number of phenolic OH excluding ortho intramolecular Hbond substituents is 1. The first-order valence-corrected chi connectivity index (χ1v) is 35.0. The highest BCUT2D eigenvalue weighted by Gasteiger charge is 2.40. The van der Waals surface area contributed by atoms with Gasteiger partial charge in [0.1, 0.15) is 41.2 Å². The molecule has 0 radical (unpaired) electrons. The van der Waals surface area contributed by atoms with Gasteiger partial charge < -0.3 is 58.1 Å². The number of aromatic hydroxyl groups is 1. The number of nitrogens with one attached hydrogen (secondary N) is 10. The molecule has 1 aromatic heterocycles. The second kappa shape index (κ2) is 41.1. The van der Waals surface area contributed by atoms with Crippen LogP contribution in [-0.2, 0) is 80.0 Å². The van der Waals surface area contributed by atoms with Crippen LogP contribution in [-0.4, -0.2) is 151 Å². The van der Waals surface area contributed by atoms with Crippen LogP contribution in [0.1, 0.15) is 204 Å². The van der Waals surface area contributed by atoms with Crippen LogP contribution < -0.4 is 53.8 Å². The zero-order valence-corrected chi connectivity index (χ0v) is 61.3. The van der Waals surface area contributed by atoms with E-state index in [9.17, 15) is 77.3 Å². The van der Waals surface area contributed by atoms with Crippen LogP contribution in [0, 0.1) is 23.2 Å². The third-order valence-electron chi connectivity index (χ3n) is 17.7. The molecule has 0 spiro atoms. The van der Waals surface area contributed by atoms with Gasteiger partial charge in [-0.25, -0.2) is 10.9 Å². The van der Waals surface area contributed by atoms with E-state index < -0.39 is 154 Å². The van der Waals surface area contributed by atoms with Gasteiger partial charge in [-0.05, 0) is 142 Å². The summed E-state index contributed by atoms with van der Waals surface area (Å²) in [5.41, 5.74) is 8.27. The number of hydrazine groups is 1. The highest BCUT2D eigenvalue weighted by atomic mass is 16.4. The molecule has 2 aromatic carbocycles. The number of unbranched alkanes of at least 4 members (excludes halogenated alkanes) is 5. The van der Waals surface area contributed by atoms with Gasteiger partial charge in [-0.15, -0.1) is 0 Å². The molecule has 558 valence electrons. The van der Waals surface area contributed by atoms with Crippen LogP contribution in [0.25, 0.3) is 10.9 Å². The highest BCUT2D eigenvalue weighted by molar-refractivity contribution is 6.41. The fourth-order valence-corrected chi connectivity index (χ4v) is 11.2. The van der Waals surface area contributed by atoms with E-state index in [1.165, 1.54) is 100 Å². The van der Waals surface area contributed by atoms with E-state index in [2.05, 4.69) is 66.1 Å². The minimum atomic E-state index is -1.66. The van der Waals surface area contributed by atoms with E-state index in [1.807, 2.05) is 44.2 Å². The third kappa shape index (κ3) is 29.3. The number of allylic oxidation sites excluding steroid dienone is 2. The van der Waals surface area contributed by atoms with Crippen LogP contribution in [0.5, 0.6) is 5.75 Å². The molecule has 0 bridgehead atoms. The molecule has 27 nitrogen and oxygen atoms in total. The lowest BCUT2D eigenvalue weighted by atomic mass is 9.86. The van der Waals surface area contributed by atoms with E-state index in [1.54, 1.807) is 6.20 Å². The number of aromatic nitrogens is 1. The summed E-state index contributed by atoms with van der Waals surface area (Å²) in [7, 11) is 0. The maximum Gasteiger partial charge on any atom is 0.303 e. The van der Waals surface area contributed by atoms with Gasteiger partial charge in [0.2, 0.25) is 58.8 Å². The average Bonchev–Trinajstić information content (AvgIpc) is 1.77. The van der Waals surface area contributed by atoms with Gasteiger partial charge in [0.25, 0.3) is 0 Å². The van der Waals surface area contributed by atoms with Crippen molar-refractivity contribution in [2.75, 3.05) is 0 Å². The Morgan fingerprint density at radius 2 is 1.19 bits per heavy atom. The number of fused-ring (bicyclic) bond motifs is 1. The second-order valence-corrected chi connectivity index (χ2v) is 28.6. The molecule has 27 heteroatoms. The minimum absolute atomic E-state index is 0.0643. The topological polar surface area (TPSA) is 430 Å². The number of hydrogen-bond donors (Lipinski definition) is 13. The number of carbonyl (C=O) groups excluding carboxylic acids is 13. The summed E-state index contributed by atoms with van der Waals surface area (Å²) in [5, 5.41) is 39.3. The summed E-state index contributed by atoms with van der Waals surface area (Å²) in [6, 6.07) is 3.69. The first kappa shape index (κ1) is 86.2. The molecule has 8 amide bonds. The molecule has 2 unspecified atom stereocenters. The Balaban J connectivity index is 1.93. The lowest BCUT2D eigenvalue weighted by Crippen LogP contribution is -2.61. The van der Waals surface area contributed by atoms with Gasteiger partial charge in [0.05, 0.1) is 29.1 Å². The van der Waals surface area contributed by atoms with Gasteiger partial charge in [0.15, 0.2) is 11.6 Å².